The van der Waals surface area contributed by atoms with Crippen molar-refractivity contribution in [1.82, 2.24) is 4.72 Å². The van der Waals surface area contributed by atoms with E-state index in [9.17, 15) is 8.42 Å². The molecular weight excluding hydrogens is 286 g/mol. The zero-order valence-corrected chi connectivity index (χ0v) is 13.8. The minimum atomic E-state index is -3.50. The molecule has 3 N–H and O–H groups in total. The Labute approximate surface area is 127 Å². The highest BCUT2D eigenvalue weighted by molar-refractivity contribution is 7.89. The first-order valence-electron chi connectivity index (χ1n) is 7.42. The molecule has 1 saturated carbocycles. The van der Waals surface area contributed by atoms with Crippen LogP contribution in [0, 0.1) is 5.92 Å². The topological polar surface area (TPSA) is 75.4 Å². The molecule has 6 heteroatoms. The molecule has 5 nitrogen and oxygen atoms in total. The Morgan fingerprint density at radius 1 is 1.29 bits per heavy atom. The summed E-state index contributed by atoms with van der Waals surface area (Å²) in [6.07, 6.45) is 4.97. The van der Waals surface area contributed by atoms with Crippen LogP contribution in [0.2, 0.25) is 0 Å². The molecule has 1 aromatic rings. The Kier molecular flexibility index (Phi) is 4.78. The summed E-state index contributed by atoms with van der Waals surface area (Å²) >= 11 is 0. The number of anilines is 2. The summed E-state index contributed by atoms with van der Waals surface area (Å²) in [7, 11) is -0.0501. The smallest absolute Gasteiger partial charge is 0.242 e. The molecule has 1 fully saturated rings. The average Bonchev–Trinajstić information content (AvgIpc) is 2.46. The van der Waals surface area contributed by atoms with E-state index in [1.165, 1.54) is 32.7 Å². The minimum absolute atomic E-state index is 0.138. The Morgan fingerprint density at radius 2 is 1.95 bits per heavy atom. The summed E-state index contributed by atoms with van der Waals surface area (Å²) in [5.41, 5.74) is 7.20. The van der Waals surface area contributed by atoms with E-state index in [1.807, 2.05) is 6.07 Å². The van der Waals surface area contributed by atoms with E-state index in [0.29, 0.717) is 12.0 Å². The standard InChI is InChI=1S/C15H25N3O2S/c1-11-6-4-5-7-14(11)18(3)12-8-9-15(13(16)10-12)21(19,20)17-2/h8-11,14,17H,4-7,16H2,1-3H3. The fraction of sp³-hybridized carbons (Fsp3) is 0.600. The molecule has 1 aliphatic rings. The van der Waals surface area contributed by atoms with Crippen molar-refractivity contribution in [3.05, 3.63) is 18.2 Å². The normalized spacial score (nSPS) is 23.0. The molecule has 1 aliphatic carbocycles. The number of nitrogens with two attached hydrogens (primary N) is 1. The molecule has 1 aromatic carbocycles. The summed E-state index contributed by atoms with van der Waals surface area (Å²) < 4.78 is 26.0. The highest BCUT2D eigenvalue weighted by Crippen LogP contribution is 2.32. The third-order valence-electron chi connectivity index (χ3n) is 4.52. The van der Waals surface area contributed by atoms with Crippen LogP contribution in [0.3, 0.4) is 0 Å². The third-order valence-corrected chi connectivity index (χ3v) is 6.01. The number of rotatable bonds is 4. The van der Waals surface area contributed by atoms with Crippen LogP contribution < -0.4 is 15.4 Å². The molecule has 0 aliphatic heterocycles. The Morgan fingerprint density at radius 3 is 2.52 bits per heavy atom. The van der Waals surface area contributed by atoms with E-state index in [2.05, 4.69) is 23.6 Å². The van der Waals surface area contributed by atoms with Gasteiger partial charge in [0.15, 0.2) is 0 Å². The van der Waals surface area contributed by atoms with Crippen LogP contribution in [-0.2, 0) is 10.0 Å². The van der Waals surface area contributed by atoms with E-state index in [-0.39, 0.29) is 10.6 Å². The van der Waals surface area contributed by atoms with Crippen molar-refractivity contribution in [2.24, 2.45) is 5.92 Å². The number of nitrogens with zero attached hydrogens (tertiary/aromatic N) is 1. The molecule has 21 heavy (non-hydrogen) atoms. The molecule has 0 saturated heterocycles. The molecule has 2 atom stereocenters. The summed E-state index contributed by atoms with van der Waals surface area (Å²) in [6, 6.07) is 5.67. The summed E-state index contributed by atoms with van der Waals surface area (Å²) in [5.74, 6) is 0.644. The molecule has 0 heterocycles. The van der Waals surface area contributed by atoms with E-state index in [0.717, 1.165) is 5.69 Å². The summed E-state index contributed by atoms with van der Waals surface area (Å²) in [5, 5.41) is 0. The van der Waals surface area contributed by atoms with Crippen LogP contribution in [0.5, 0.6) is 0 Å². The quantitative estimate of drug-likeness (QED) is 0.836. The van der Waals surface area contributed by atoms with Crippen LogP contribution in [0.1, 0.15) is 32.6 Å². The molecule has 118 valence electrons. The van der Waals surface area contributed by atoms with Gasteiger partial charge in [-0.25, -0.2) is 13.1 Å². The lowest BCUT2D eigenvalue weighted by molar-refractivity contribution is 0.321. The highest BCUT2D eigenvalue weighted by Gasteiger charge is 2.26. The van der Waals surface area contributed by atoms with E-state index in [1.54, 1.807) is 12.1 Å². The number of benzene rings is 1. The van der Waals surface area contributed by atoms with Crippen molar-refractivity contribution in [2.45, 2.75) is 43.5 Å². The van der Waals surface area contributed by atoms with Gasteiger partial charge in [0.2, 0.25) is 10.0 Å². The first-order chi connectivity index (χ1) is 9.86. The van der Waals surface area contributed by atoms with Crippen molar-refractivity contribution >= 4 is 21.4 Å². The van der Waals surface area contributed by atoms with Gasteiger partial charge in [-0.1, -0.05) is 19.8 Å². The van der Waals surface area contributed by atoms with Crippen LogP contribution in [0.15, 0.2) is 23.1 Å². The van der Waals surface area contributed by atoms with Crippen molar-refractivity contribution in [3.8, 4) is 0 Å². The van der Waals surface area contributed by atoms with Crippen molar-refractivity contribution in [2.75, 3.05) is 24.7 Å². The van der Waals surface area contributed by atoms with Crippen LogP contribution in [0.25, 0.3) is 0 Å². The lowest BCUT2D eigenvalue weighted by Crippen LogP contribution is -2.39. The zero-order chi connectivity index (χ0) is 15.6. The maximum atomic E-state index is 11.9. The second-order valence-corrected chi connectivity index (χ2v) is 7.72. The van der Waals surface area contributed by atoms with Crippen LogP contribution in [-0.4, -0.2) is 28.6 Å². The predicted molar refractivity (Wildman–Crippen MR) is 86.9 cm³/mol. The number of sulfonamides is 1. The van der Waals surface area contributed by atoms with Gasteiger partial charge in [-0.2, -0.15) is 0 Å². The molecule has 2 unspecified atom stereocenters. The molecule has 0 bridgehead atoms. The molecule has 0 aromatic heterocycles. The number of hydrogen-bond acceptors (Lipinski definition) is 4. The molecule has 0 amide bonds. The van der Waals surface area contributed by atoms with Crippen LogP contribution in [0.4, 0.5) is 11.4 Å². The van der Waals surface area contributed by atoms with Crippen molar-refractivity contribution < 1.29 is 8.42 Å². The van der Waals surface area contributed by atoms with Crippen molar-refractivity contribution in [3.63, 3.8) is 0 Å². The molecule has 2 rings (SSSR count). The van der Waals surface area contributed by atoms with E-state index in [4.69, 9.17) is 5.73 Å². The second-order valence-electron chi connectivity index (χ2n) is 5.87. The highest BCUT2D eigenvalue weighted by atomic mass is 32.2. The monoisotopic (exact) mass is 311 g/mol. The van der Waals surface area contributed by atoms with Gasteiger partial charge in [-0.3, -0.25) is 0 Å². The van der Waals surface area contributed by atoms with Gasteiger partial charge < -0.3 is 10.6 Å². The molecule has 0 radical (unpaired) electrons. The Bertz CT molecular complexity index is 601. The van der Waals surface area contributed by atoms with Gasteiger partial charge in [0.25, 0.3) is 0 Å². The maximum absolute atomic E-state index is 11.9. The second kappa shape index (κ2) is 6.23. The SMILES string of the molecule is CNS(=O)(=O)c1ccc(N(C)C2CCCCC2C)cc1N. The largest absolute Gasteiger partial charge is 0.398 e. The van der Waals surface area contributed by atoms with Gasteiger partial charge in [0.05, 0.1) is 5.69 Å². The minimum Gasteiger partial charge on any atom is -0.398 e. The van der Waals surface area contributed by atoms with Gasteiger partial charge in [-0.15, -0.1) is 0 Å². The lowest BCUT2D eigenvalue weighted by atomic mass is 9.85. The predicted octanol–water partition coefficient (Wildman–Crippen LogP) is 2.19. The summed E-state index contributed by atoms with van der Waals surface area (Å²) in [6.45, 7) is 2.28. The zero-order valence-electron chi connectivity index (χ0n) is 13.0. The maximum Gasteiger partial charge on any atom is 0.242 e. The average molecular weight is 311 g/mol. The first kappa shape index (κ1) is 16.1. The molecular formula is C15H25N3O2S. The Hall–Kier alpha value is -1.27. The lowest BCUT2D eigenvalue weighted by Gasteiger charge is -2.37. The summed E-state index contributed by atoms with van der Waals surface area (Å²) in [4.78, 5) is 2.37. The fourth-order valence-electron chi connectivity index (χ4n) is 3.17. The van der Waals surface area contributed by atoms with Crippen LogP contribution >= 0.6 is 0 Å². The van der Waals surface area contributed by atoms with Gasteiger partial charge in [0.1, 0.15) is 4.90 Å². The number of nitrogen functional groups attached to an aromatic ring is 1. The van der Waals surface area contributed by atoms with Crippen molar-refractivity contribution in [1.29, 1.82) is 0 Å². The fourth-order valence-corrected chi connectivity index (χ4v) is 4.01. The van der Waals surface area contributed by atoms with Gasteiger partial charge in [0, 0.05) is 18.8 Å². The van der Waals surface area contributed by atoms with E-state index < -0.39 is 10.0 Å². The number of nitrogens with one attached hydrogen (secondary N) is 1. The third kappa shape index (κ3) is 3.32. The first-order valence-corrected chi connectivity index (χ1v) is 8.91. The van der Waals surface area contributed by atoms with E-state index >= 15 is 0 Å². The number of hydrogen-bond donors (Lipinski definition) is 2. The Balaban J connectivity index is 2.27. The van der Waals surface area contributed by atoms with Gasteiger partial charge in [-0.05, 0) is 44.0 Å². The molecule has 0 spiro atoms. The van der Waals surface area contributed by atoms with Gasteiger partial charge >= 0.3 is 0 Å².